The molecular weight excluding hydrogens is 325 g/mol. The average Bonchev–Trinajstić information content (AvgIpc) is 2.52. The highest BCUT2D eigenvalue weighted by molar-refractivity contribution is 6.43. The minimum atomic E-state index is -0.792. The molecule has 1 aliphatic carbocycles. The van der Waals surface area contributed by atoms with Crippen LogP contribution in [0.15, 0.2) is 23.3 Å². The molecule has 5 nitrogen and oxygen atoms in total. The van der Waals surface area contributed by atoms with Gasteiger partial charge in [0.15, 0.2) is 0 Å². The van der Waals surface area contributed by atoms with Crippen LogP contribution >= 0.6 is 23.2 Å². The van der Waals surface area contributed by atoms with Gasteiger partial charge in [-0.15, -0.1) is 0 Å². The molecule has 2 N–H and O–H groups in total. The van der Waals surface area contributed by atoms with Crippen LogP contribution in [0.5, 0.6) is 0 Å². The second-order valence-corrected chi connectivity index (χ2v) is 5.94. The van der Waals surface area contributed by atoms with Gasteiger partial charge < -0.3 is 5.32 Å². The molecule has 7 heteroatoms. The summed E-state index contributed by atoms with van der Waals surface area (Å²) in [5.41, 5.74) is 2.74. The monoisotopic (exact) mass is 341 g/mol. The van der Waals surface area contributed by atoms with E-state index >= 15 is 0 Å². The first kappa shape index (κ1) is 16.8. The van der Waals surface area contributed by atoms with Crippen LogP contribution in [0.4, 0.5) is 0 Å². The molecule has 1 aromatic rings. The third-order valence-electron chi connectivity index (χ3n) is 3.50. The van der Waals surface area contributed by atoms with Gasteiger partial charge in [-0.1, -0.05) is 54.6 Å². The molecule has 1 aliphatic rings. The van der Waals surface area contributed by atoms with Crippen LogP contribution in [0, 0.1) is 0 Å². The Bertz CT molecular complexity index is 584. The summed E-state index contributed by atoms with van der Waals surface area (Å²) in [5, 5.41) is 7.18. The van der Waals surface area contributed by atoms with Crippen LogP contribution in [-0.4, -0.2) is 24.1 Å². The topological polar surface area (TPSA) is 70.6 Å². The fraction of sp³-hybridized carbons (Fsp3) is 0.400. The summed E-state index contributed by atoms with van der Waals surface area (Å²) in [7, 11) is 0. The predicted octanol–water partition coefficient (Wildman–Crippen LogP) is 2.89. The van der Waals surface area contributed by atoms with E-state index in [-0.39, 0.29) is 6.04 Å². The molecule has 0 radical (unpaired) electrons. The van der Waals surface area contributed by atoms with E-state index in [4.69, 9.17) is 23.2 Å². The summed E-state index contributed by atoms with van der Waals surface area (Å²) < 4.78 is 0. The Kier molecular flexibility index (Phi) is 6.21. The molecular formula is C15H17Cl2N3O2. The van der Waals surface area contributed by atoms with E-state index in [9.17, 15) is 9.59 Å². The van der Waals surface area contributed by atoms with Crippen LogP contribution in [0.1, 0.15) is 37.7 Å². The molecule has 118 valence electrons. The second-order valence-electron chi connectivity index (χ2n) is 5.15. The SMILES string of the molecule is O=C(N/N=C\c1cccc(Cl)c1Cl)C(=O)NC1CCCCC1. The summed E-state index contributed by atoms with van der Waals surface area (Å²) >= 11 is 11.9. The summed E-state index contributed by atoms with van der Waals surface area (Å²) in [6.45, 7) is 0. The number of nitrogens with one attached hydrogen (secondary N) is 2. The van der Waals surface area contributed by atoms with Crippen LogP contribution in [0.25, 0.3) is 0 Å². The standard InChI is InChI=1S/C15H17Cl2N3O2/c16-12-8-4-5-10(13(12)17)9-18-20-15(22)14(21)19-11-6-2-1-3-7-11/h4-5,8-9,11H,1-3,6-7H2,(H,19,21)(H,20,22)/b18-9-. The molecule has 1 aromatic carbocycles. The van der Waals surface area contributed by atoms with Crippen molar-refractivity contribution in [2.75, 3.05) is 0 Å². The highest BCUT2D eigenvalue weighted by Gasteiger charge is 2.19. The predicted molar refractivity (Wildman–Crippen MR) is 87.2 cm³/mol. The first-order valence-electron chi connectivity index (χ1n) is 7.16. The zero-order valence-electron chi connectivity index (χ0n) is 11.9. The lowest BCUT2D eigenvalue weighted by Crippen LogP contribution is -2.44. The fourth-order valence-electron chi connectivity index (χ4n) is 2.33. The molecule has 0 atom stereocenters. The van der Waals surface area contributed by atoms with Crippen molar-refractivity contribution >= 4 is 41.2 Å². The third kappa shape index (κ3) is 4.71. The van der Waals surface area contributed by atoms with E-state index in [1.807, 2.05) is 0 Å². The Morgan fingerprint density at radius 2 is 1.86 bits per heavy atom. The van der Waals surface area contributed by atoms with Crippen molar-refractivity contribution < 1.29 is 9.59 Å². The number of hydrogen-bond acceptors (Lipinski definition) is 3. The van der Waals surface area contributed by atoms with Crippen LogP contribution < -0.4 is 10.7 Å². The number of carbonyl (C=O) groups excluding carboxylic acids is 2. The number of hydrogen-bond donors (Lipinski definition) is 2. The zero-order chi connectivity index (χ0) is 15.9. The van der Waals surface area contributed by atoms with Gasteiger partial charge in [0.2, 0.25) is 0 Å². The molecule has 1 fully saturated rings. The highest BCUT2D eigenvalue weighted by atomic mass is 35.5. The lowest BCUT2D eigenvalue weighted by molar-refractivity contribution is -0.139. The van der Waals surface area contributed by atoms with Gasteiger partial charge in [0, 0.05) is 11.6 Å². The lowest BCUT2D eigenvalue weighted by Gasteiger charge is -2.22. The number of rotatable bonds is 3. The average molecular weight is 342 g/mol. The molecule has 0 saturated heterocycles. The third-order valence-corrected chi connectivity index (χ3v) is 4.33. The van der Waals surface area contributed by atoms with E-state index in [1.165, 1.54) is 12.6 Å². The van der Waals surface area contributed by atoms with E-state index in [0.717, 1.165) is 25.7 Å². The van der Waals surface area contributed by atoms with Crippen LogP contribution in [0.3, 0.4) is 0 Å². The van der Waals surface area contributed by atoms with Crippen molar-refractivity contribution in [1.82, 2.24) is 10.7 Å². The molecule has 2 rings (SSSR count). The van der Waals surface area contributed by atoms with Crippen molar-refractivity contribution in [2.24, 2.45) is 5.10 Å². The van der Waals surface area contributed by atoms with Gasteiger partial charge in [0.05, 0.1) is 16.3 Å². The van der Waals surface area contributed by atoms with Crippen molar-refractivity contribution in [1.29, 1.82) is 0 Å². The maximum atomic E-state index is 11.7. The van der Waals surface area contributed by atoms with E-state index in [0.29, 0.717) is 15.6 Å². The summed E-state index contributed by atoms with van der Waals surface area (Å²) in [6, 6.07) is 5.15. The first-order valence-corrected chi connectivity index (χ1v) is 7.91. The molecule has 0 unspecified atom stereocenters. The van der Waals surface area contributed by atoms with Crippen LogP contribution in [0.2, 0.25) is 10.0 Å². The van der Waals surface area contributed by atoms with Gasteiger partial charge in [-0.05, 0) is 18.9 Å². The largest absolute Gasteiger partial charge is 0.345 e. The van der Waals surface area contributed by atoms with E-state index in [1.54, 1.807) is 18.2 Å². The smallest absolute Gasteiger partial charge is 0.329 e. The maximum Gasteiger partial charge on any atom is 0.329 e. The molecule has 0 bridgehead atoms. The number of nitrogens with zero attached hydrogens (tertiary/aromatic N) is 1. The van der Waals surface area contributed by atoms with Gasteiger partial charge in [0.25, 0.3) is 0 Å². The number of halogens is 2. The summed E-state index contributed by atoms with van der Waals surface area (Å²) in [4.78, 5) is 23.4. The quantitative estimate of drug-likeness (QED) is 0.504. The van der Waals surface area contributed by atoms with E-state index in [2.05, 4.69) is 15.8 Å². The Hall–Kier alpha value is -1.59. The Balaban J connectivity index is 1.84. The van der Waals surface area contributed by atoms with Crippen LogP contribution in [-0.2, 0) is 9.59 Å². The van der Waals surface area contributed by atoms with Gasteiger partial charge in [-0.25, -0.2) is 5.43 Å². The van der Waals surface area contributed by atoms with Gasteiger partial charge in [-0.3, -0.25) is 9.59 Å². The summed E-state index contributed by atoms with van der Waals surface area (Å²) in [6.07, 6.45) is 6.53. The molecule has 0 heterocycles. The van der Waals surface area contributed by atoms with E-state index < -0.39 is 11.8 Å². The van der Waals surface area contributed by atoms with Gasteiger partial charge in [-0.2, -0.15) is 5.10 Å². The van der Waals surface area contributed by atoms with Gasteiger partial charge >= 0.3 is 11.8 Å². The van der Waals surface area contributed by atoms with Crippen molar-refractivity contribution in [3.05, 3.63) is 33.8 Å². The Morgan fingerprint density at radius 3 is 2.59 bits per heavy atom. The lowest BCUT2D eigenvalue weighted by atomic mass is 9.95. The van der Waals surface area contributed by atoms with Crippen molar-refractivity contribution in [3.63, 3.8) is 0 Å². The number of benzene rings is 1. The minimum Gasteiger partial charge on any atom is -0.345 e. The maximum absolute atomic E-state index is 11.7. The first-order chi connectivity index (χ1) is 10.6. The zero-order valence-corrected chi connectivity index (χ0v) is 13.5. The molecule has 0 aromatic heterocycles. The molecule has 1 saturated carbocycles. The fourth-order valence-corrected chi connectivity index (χ4v) is 2.69. The minimum absolute atomic E-state index is 0.0818. The number of carbonyl (C=O) groups is 2. The summed E-state index contributed by atoms with van der Waals surface area (Å²) in [5.74, 6) is -1.46. The Labute approximate surface area is 139 Å². The number of hydrazone groups is 1. The van der Waals surface area contributed by atoms with Gasteiger partial charge in [0.1, 0.15) is 0 Å². The molecule has 0 aliphatic heterocycles. The number of amides is 2. The molecule has 0 spiro atoms. The highest BCUT2D eigenvalue weighted by Crippen LogP contribution is 2.24. The Morgan fingerprint density at radius 1 is 1.14 bits per heavy atom. The van der Waals surface area contributed by atoms with Crippen molar-refractivity contribution in [3.8, 4) is 0 Å². The normalized spacial score (nSPS) is 15.7. The van der Waals surface area contributed by atoms with Crippen molar-refractivity contribution in [2.45, 2.75) is 38.1 Å². The molecule has 22 heavy (non-hydrogen) atoms. The molecule has 2 amide bonds. The second kappa shape index (κ2) is 8.15.